The number of esters is 1. The molecule has 0 aliphatic carbocycles. The van der Waals surface area contributed by atoms with E-state index >= 15 is 0 Å². The summed E-state index contributed by atoms with van der Waals surface area (Å²) in [7, 11) is 0. The minimum absolute atomic E-state index is 0.202. The van der Waals surface area contributed by atoms with Crippen molar-refractivity contribution >= 4 is 34.7 Å². The number of carbonyl (C=O) groups is 1. The van der Waals surface area contributed by atoms with Gasteiger partial charge in [-0.05, 0) is 64.9 Å². The summed E-state index contributed by atoms with van der Waals surface area (Å²) in [6.45, 7) is 12.9. The first-order chi connectivity index (χ1) is 15.2. The van der Waals surface area contributed by atoms with Gasteiger partial charge in [-0.1, -0.05) is 24.3 Å². The van der Waals surface area contributed by atoms with E-state index in [1.54, 1.807) is 24.7 Å². The summed E-state index contributed by atoms with van der Waals surface area (Å²) in [6, 6.07) is 8.26. The number of benzene rings is 1. The number of anilines is 2. The van der Waals surface area contributed by atoms with Crippen molar-refractivity contribution in [3.8, 4) is 0 Å². The number of hydrogen-bond acceptors (Lipinski definition) is 5. The van der Waals surface area contributed by atoms with Gasteiger partial charge in [-0.2, -0.15) is 10.2 Å². The van der Waals surface area contributed by atoms with Gasteiger partial charge in [0.15, 0.2) is 10.8 Å². The fraction of sp³-hybridized carbons (Fsp3) is 0.391. The molecule has 170 valence electrons. The highest BCUT2D eigenvalue weighted by Gasteiger charge is 2.21. The van der Waals surface area contributed by atoms with Crippen LogP contribution in [0.4, 0.5) is 11.4 Å². The number of carbonyl (C=O) groups excluding carboxylic acids is 1. The van der Waals surface area contributed by atoms with Gasteiger partial charge in [0.05, 0.1) is 35.4 Å². The summed E-state index contributed by atoms with van der Waals surface area (Å²) in [5.74, 6) is -0.490. The van der Waals surface area contributed by atoms with E-state index in [1.807, 2.05) is 37.6 Å². The smallest absolute Gasteiger partial charge is 0.361 e. The van der Waals surface area contributed by atoms with Crippen LogP contribution in [0.1, 0.15) is 53.8 Å². The van der Waals surface area contributed by atoms with E-state index in [2.05, 4.69) is 39.9 Å². The minimum Gasteiger partial charge on any atom is -0.458 e. The molecule has 2 aromatic heterocycles. The molecular formula is C23H30N6O2S. The van der Waals surface area contributed by atoms with Gasteiger partial charge in [-0.3, -0.25) is 9.36 Å². The zero-order valence-corrected chi connectivity index (χ0v) is 20.2. The van der Waals surface area contributed by atoms with Crippen LogP contribution in [-0.4, -0.2) is 36.7 Å². The predicted octanol–water partition coefficient (Wildman–Crippen LogP) is 4.45. The van der Waals surface area contributed by atoms with Gasteiger partial charge in [-0.15, -0.1) is 0 Å². The maximum Gasteiger partial charge on any atom is 0.361 e. The first-order valence-corrected chi connectivity index (χ1v) is 11.0. The second kappa shape index (κ2) is 9.95. The van der Waals surface area contributed by atoms with Crippen LogP contribution in [0.15, 0.2) is 30.5 Å². The molecular weight excluding hydrogens is 424 g/mol. The van der Waals surface area contributed by atoms with Crippen LogP contribution in [0, 0.1) is 20.8 Å². The van der Waals surface area contributed by atoms with E-state index in [0.29, 0.717) is 23.9 Å². The van der Waals surface area contributed by atoms with Gasteiger partial charge in [0.1, 0.15) is 0 Å². The van der Waals surface area contributed by atoms with E-state index in [0.717, 1.165) is 17.1 Å². The maximum atomic E-state index is 12.4. The molecule has 0 unspecified atom stereocenters. The number of rotatable bonds is 7. The molecule has 0 saturated heterocycles. The Kier molecular flexibility index (Phi) is 7.29. The molecule has 0 fully saturated rings. The van der Waals surface area contributed by atoms with Crippen LogP contribution in [0.25, 0.3) is 0 Å². The zero-order chi connectivity index (χ0) is 23.4. The van der Waals surface area contributed by atoms with Crippen molar-refractivity contribution in [3.63, 3.8) is 0 Å². The fourth-order valence-electron chi connectivity index (χ4n) is 3.34. The van der Waals surface area contributed by atoms with Crippen LogP contribution in [-0.2, 0) is 17.8 Å². The quantitative estimate of drug-likeness (QED) is 0.403. The highest BCUT2D eigenvalue weighted by Crippen LogP contribution is 2.22. The predicted molar refractivity (Wildman–Crippen MR) is 130 cm³/mol. The molecule has 2 N–H and O–H groups in total. The van der Waals surface area contributed by atoms with Crippen molar-refractivity contribution in [2.75, 3.05) is 10.6 Å². The summed E-state index contributed by atoms with van der Waals surface area (Å²) in [6.07, 6.45) is 1.50. The second-order valence-corrected chi connectivity index (χ2v) is 8.32. The first-order valence-electron chi connectivity index (χ1n) is 10.6. The second-order valence-electron chi connectivity index (χ2n) is 7.91. The van der Waals surface area contributed by atoms with Crippen molar-refractivity contribution in [3.05, 3.63) is 58.7 Å². The maximum absolute atomic E-state index is 12.4. The summed E-state index contributed by atoms with van der Waals surface area (Å²) in [5, 5.41) is 15.7. The Bertz CT molecular complexity index is 1130. The molecule has 3 rings (SSSR count). The SMILES string of the molecule is CCn1cc(NC(=S)Nc2c(C)nn(Cc3ccccc3C)c2C)c(C(=O)OC(C)C)n1. The lowest BCUT2D eigenvalue weighted by atomic mass is 10.1. The van der Waals surface area contributed by atoms with Crippen molar-refractivity contribution in [1.82, 2.24) is 19.6 Å². The third kappa shape index (κ3) is 5.34. The van der Waals surface area contributed by atoms with Crippen LogP contribution < -0.4 is 10.6 Å². The molecule has 0 saturated carbocycles. The lowest BCUT2D eigenvalue weighted by Crippen LogP contribution is -2.22. The molecule has 32 heavy (non-hydrogen) atoms. The van der Waals surface area contributed by atoms with Crippen molar-refractivity contribution in [2.45, 2.75) is 60.7 Å². The average molecular weight is 455 g/mol. The number of nitrogens with zero attached hydrogens (tertiary/aromatic N) is 4. The molecule has 8 nitrogen and oxygen atoms in total. The van der Waals surface area contributed by atoms with Crippen LogP contribution in [0.3, 0.4) is 0 Å². The molecule has 2 heterocycles. The van der Waals surface area contributed by atoms with E-state index in [9.17, 15) is 4.79 Å². The van der Waals surface area contributed by atoms with E-state index in [-0.39, 0.29) is 11.8 Å². The number of thiocarbonyl (C=S) groups is 1. The molecule has 0 aliphatic heterocycles. The van der Waals surface area contributed by atoms with Gasteiger partial charge < -0.3 is 15.4 Å². The Morgan fingerprint density at radius 1 is 1.16 bits per heavy atom. The van der Waals surface area contributed by atoms with Gasteiger partial charge >= 0.3 is 5.97 Å². The number of nitrogens with one attached hydrogen (secondary N) is 2. The molecule has 3 aromatic rings. The largest absolute Gasteiger partial charge is 0.458 e. The van der Waals surface area contributed by atoms with Gasteiger partial charge in [-0.25, -0.2) is 4.79 Å². The number of aromatic nitrogens is 4. The Morgan fingerprint density at radius 2 is 1.88 bits per heavy atom. The minimum atomic E-state index is -0.490. The normalized spacial score (nSPS) is 11.0. The van der Waals surface area contributed by atoms with Crippen LogP contribution in [0.5, 0.6) is 0 Å². The van der Waals surface area contributed by atoms with Crippen LogP contribution >= 0.6 is 12.2 Å². The van der Waals surface area contributed by atoms with E-state index < -0.39 is 5.97 Å². The Balaban J connectivity index is 1.77. The zero-order valence-electron chi connectivity index (χ0n) is 19.4. The summed E-state index contributed by atoms with van der Waals surface area (Å²) >= 11 is 5.53. The summed E-state index contributed by atoms with van der Waals surface area (Å²) < 4.78 is 8.94. The standard InChI is InChI=1S/C23H30N6O2S/c1-7-28-13-19(21(27-28)22(30)31-14(2)3)24-23(32)25-20-16(5)26-29(17(20)6)12-18-11-9-8-10-15(18)4/h8-11,13-14H,7,12H2,1-6H3,(H2,24,25,32). The van der Waals surface area contributed by atoms with Crippen molar-refractivity contribution < 1.29 is 9.53 Å². The Morgan fingerprint density at radius 3 is 2.53 bits per heavy atom. The van der Waals surface area contributed by atoms with E-state index in [1.165, 1.54) is 11.1 Å². The first kappa shape index (κ1) is 23.5. The highest BCUT2D eigenvalue weighted by atomic mass is 32.1. The van der Waals surface area contributed by atoms with Crippen molar-refractivity contribution in [2.24, 2.45) is 0 Å². The molecule has 0 amide bonds. The number of aryl methyl sites for hydroxylation is 3. The van der Waals surface area contributed by atoms with Gasteiger partial charge in [0.25, 0.3) is 0 Å². The Labute approximate surface area is 194 Å². The molecule has 0 spiro atoms. The molecule has 0 bridgehead atoms. The molecule has 0 radical (unpaired) electrons. The Hall–Kier alpha value is -3.20. The molecule has 1 aromatic carbocycles. The van der Waals surface area contributed by atoms with Crippen LogP contribution in [0.2, 0.25) is 0 Å². The van der Waals surface area contributed by atoms with Crippen molar-refractivity contribution in [1.29, 1.82) is 0 Å². The molecule has 0 atom stereocenters. The van der Waals surface area contributed by atoms with Gasteiger partial charge in [0.2, 0.25) is 0 Å². The van der Waals surface area contributed by atoms with Gasteiger partial charge in [0, 0.05) is 12.7 Å². The molecule has 9 heteroatoms. The molecule has 0 aliphatic rings. The average Bonchev–Trinajstić information content (AvgIpc) is 3.25. The highest BCUT2D eigenvalue weighted by molar-refractivity contribution is 7.80. The fourth-order valence-corrected chi connectivity index (χ4v) is 3.56. The third-order valence-electron chi connectivity index (χ3n) is 5.07. The van der Waals surface area contributed by atoms with E-state index in [4.69, 9.17) is 17.0 Å². The summed E-state index contributed by atoms with van der Waals surface area (Å²) in [5.41, 5.74) is 5.78. The number of ether oxygens (including phenoxy) is 1. The topological polar surface area (TPSA) is 86.0 Å². The third-order valence-corrected chi connectivity index (χ3v) is 5.28. The monoisotopic (exact) mass is 454 g/mol. The lowest BCUT2D eigenvalue weighted by Gasteiger charge is -2.12. The lowest BCUT2D eigenvalue weighted by molar-refractivity contribution is 0.0371. The number of hydrogen-bond donors (Lipinski definition) is 2. The summed E-state index contributed by atoms with van der Waals surface area (Å²) in [4.78, 5) is 12.4.